The van der Waals surface area contributed by atoms with E-state index >= 15 is 0 Å². The summed E-state index contributed by atoms with van der Waals surface area (Å²) in [7, 11) is 0. The summed E-state index contributed by atoms with van der Waals surface area (Å²) < 4.78 is 6.76. The average Bonchev–Trinajstić information content (AvgIpc) is 3.18. The molecule has 2 heterocycles. The summed E-state index contributed by atoms with van der Waals surface area (Å²) in [5, 5.41) is 6.03. The molecule has 150 valence electrons. The number of aromatic nitrogens is 1. The Bertz CT molecular complexity index is 978. The van der Waals surface area contributed by atoms with Gasteiger partial charge in [0.05, 0.1) is 17.9 Å². The van der Waals surface area contributed by atoms with Crippen molar-refractivity contribution in [3.8, 4) is 11.3 Å². The molecule has 7 heteroatoms. The molecule has 1 amide bonds. The van der Waals surface area contributed by atoms with Crippen molar-refractivity contribution in [2.75, 3.05) is 23.3 Å². The molecule has 0 spiro atoms. The first-order chi connectivity index (χ1) is 14.0. The second-order valence-electron chi connectivity index (χ2n) is 7.22. The summed E-state index contributed by atoms with van der Waals surface area (Å²) >= 11 is 5.03. The Labute approximate surface area is 182 Å². The number of hydrogen-bond acceptors (Lipinski definition) is 5. The van der Waals surface area contributed by atoms with E-state index in [2.05, 4.69) is 45.4 Å². The lowest BCUT2D eigenvalue weighted by Gasteiger charge is -2.35. The molecule has 5 nitrogen and oxygen atoms in total. The summed E-state index contributed by atoms with van der Waals surface area (Å²) in [5.74, 6) is -0.128. The van der Waals surface area contributed by atoms with E-state index in [1.54, 1.807) is 23.5 Å². The van der Waals surface area contributed by atoms with E-state index in [4.69, 9.17) is 9.72 Å². The summed E-state index contributed by atoms with van der Waals surface area (Å²) in [4.78, 5) is 19.5. The highest BCUT2D eigenvalue weighted by Gasteiger charge is 2.24. The van der Waals surface area contributed by atoms with Crippen LogP contribution in [0.2, 0.25) is 0 Å². The molecule has 1 fully saturated rings. The maximum Gasteiger partial charge on any atom is 0.255 e. The Kier molecular flexibility index (Phi) is 5.99. The van der Waals surface area contributed by atoms with Gasteiger partial charge in [-0.1, -0.05) is 28.1 Å². The van der Waals surface area contributed by atoms with Crippen molar-refractivity contribution in [2.24, 2.45) is 0 Å². The van der Waals surface area contributed by atoms with Gasteiger partial charge in [-0.2, -0.15) is 0 Å². The number of nitrogens with zero attached hydrogens (tertiary/aromatic N) is 2. The van der Waals surface area contributed by atoms with E-state index in [1.165, 1.54) is 0 Å². The van der Waals surface area contributed by atoms with Gasteiger partial charge in [0.15, 0.2) is 5.13 Å². The van der Waals surface area contributed by atoms with Crippen LogP contribution in [-0.4, -0.2) is 36.2 Å². The third kappa shape index (κ3) is 4.86. The smallest absolute Gasteiger partial charge is 0.255 e. The number of carbonyl (C=O) groups excluding carboxylic acids is 1. The van der Waals surface area contributed by atoms with Gasteiger partial charge in [-0.3, -0.25) is 4.79 Å². The second-order valence-corrected chi connectivity index (χ2v) is 8.97. The van der Waals surface area contributed by atoms with Crippen molar-refractivity contribution in [2.45, 2.75) is 26.1 Å². The first kappa shape index (κ1) is 20.1. The monoisotopic (exact) mass is 471 g/mol. The number of anilines is 2. The van der Waals surface area contributed by atoms with Gasteiger partial charge in [0.2, 0.25) is 0 Å². The molecule has 0 saturated carbocycles. The number of ether oxygens (including phenoxy) is 1. The fourth-order valence-electron chi connectivity index (χ4n) is 3.41. The number of hydrogen-bond donors (Lipinski definition) is 1. The summed E-state index contributed by atoms with van der Waals surface area (Å²) in [6, 6.07) is 15.1. The minimum absolute atomic E-state index is 0.128. The molecule has 3 aromatic rings. The maximum atomic E-state index is 12.4. The van der Waals surface area contributed by atoms with Crippen LogP contribution in [0.5, 0.6) is 0 Å². The lowest BCUT2D eigenvalue weighted by molar-refractivity contribution is -0.00522. The van der Waals surface area contributed by atoms with Crippen LogP contribution >= 0.6 is 27.3 Å². The molecule has 2 atom stereocenters. The number of morpholine rings is 1. The highest BCUT2D eigenvalue weighted by molar-refractivity contribution is 9.10. The first-order valence-corrected chi connectivity index (χ1v) is 11.2. The van der Waals surface area contributed by atoms with E-state index in [1.807, 2.05) is 36.4 Å². The molecule has 1 saturated heterocycles. The molecule has 0 aliphatic carbocycles. The molecule has 0 radical (unpaired) electrons. The van der Waals surface area contributed by atoms with E-state index in [0.29, 0.717) is 5.56 Å². The van der Waals surface area contributed by atoms with Crippen LogP contribution in [0.3, 0.4) is 0 Å². The summed E-state index contributed by atoms with van der Waals surface area (Å²) in [6.45, 7) is 5.91. The largest absolute Gasteiger partial charge is 0.372 e. The van der Waals surface area contributed by atoms with Crippen molar-refractivity contribution in [1.29, 1.82) is 0 Å². The van der Waals surface area contributed by atoms with Gasteiger partial charge in [-0.15, -0.1) is 11.3 Å². The Morgan fingerprint density at radius 1 is 1.10 bits per heavy atom. The minimum Gasteiger partial charge on any atom is -0.372 e. The third-order valence-electron chi connectivity index (χ3n) is 4.73. The van der Waals surface area contributed by atoms with Crippen LogP contribution in [0.25, 0.3) is 11.3 Å². The van der Waals surface area contributed by atoms with Crippen molar-refractivity contribution in [1.82, 2.24) is 4.98 Å². The number of benzene rings is 2. The molecule has 29 heavy (non-hydrogen) atoms. The lowest BCUT2D eigenvalue weighted by Crippen LogP contribution is -2.45. The van der Waals surface area contributed by atoms with E-state index in [9.17, 15) is 4.79 Å². The van der Waals surface area contributed by atoms with Gasteiger partial charge < -0.3 is 15.0 Å². The van der Waals surface area contributed by atoms with Crippen molar-refractivity contribution < 1.29 is 9.53 Å². The molecule has 0 bridgehead atoms. The molecular weight excluding hydrogens is 450 g/mol. The Morgan fingerprint density at radius 2 is 1.76 bits per heavy atom. The zero-order valence-corrected chi connectivity index (χ0v) is 18.7. The van der Waals surface area contributed by atoms with Crippen LogP contribution in [0.1, 0.15) is 24.2 Å². The van der Waals surface area contributed by atoms with Crippen LogP contribution in [-0.2, 0) is 4.74 Å². The standard InChI is InChI=1S/C22H22BrN3O2S/c1-14-11-26(12-15(2)28-14)22-25-20(13-29-22)16-5-9-19(10-6-16)24-21(27)17-3-7-18(23)8-4-17/h3-10,13-15H,11-12H2,1-2H3,(H,24,27). The van der Waals surface area contributed by atoms with Crippen molar-refractivity contribution >= 4 is 44.0 Å². The molecule has 1 aliphatic rings. The van der Waals surface area contributed by atoms with Crippen molar-refractivity contribution in [3.05, 3.63) is 63.9 Å². The predicted octanol–water partition coefficient (Wildman–Crippen LogP) is 5.44. The van der Waals surface area contributed by atoms with Crippen LogP contribution in [0.15, 0.2) is 58.4 Å². The first-order valence-electron chi connectivity index (χ1n) is 9.51. The average molecular weight is 472 g/mol. The molecule has 4 rings (SSSR count). The van der Waals surface area contributed by atoms with E-state index < -0.39 is 0 Å². The Hall–Kier alpha value is -2.22. The van der Waals surface area contributed by atoms with E-state index in [-0.39, 0.29) is 18.1 Å². The van der Waals surface area contributed by atoms with Crippen LogP contribution in [0.4, 0.5) is 10.8 Å². The van der Waals surface area contributed by atoms with Crippen molar-refractivity contribution in [3.63, 3.8) is 0 Å². The second kappa shape index (κ2) is 8.65. The zero-order valence-electron chi connectivity index (χ0n) is 16.3. The Morgan fingerprint density at radius 3 is 2.41 bits per heavy atom. The number of carbonyl (C=O) groups is 1. The fraction of sp³-hybridized carbons (Fsp3) is 0.273. The van der Waals surface area contributed by atoms with Gasteiger partial charge in [-0.05, 0) is 50.2 Å². The number of thiazole rings is 1. The predicted molar refractivity (Wildman–Crippen MR) is 122 cm³/mol. The molecule has 1 aromatic heterocycles. The summed E-state index contributed by atoms with van der Waals surface area (Å²) in [6.07, 6.45) is 0.416. The lowest BCUT2D eigenvalue weighted by atomic mass is 10.1. The van der Waals surface area contributed by atoms with Crippen LogP contribution < -0.4 is 10.2 Å². The van der Waals surface area contributed by atoms with Gasteiger partial charge >= 0.3 is 0 Å². The van der Waals surface area contributed by atoms with Gasteiger partial charge in [0.25, 0.3) is 5.91 Å². The molecule has 1 N–H and O–H groups in total. The normalized spacial score (nSPS) is 19.2. The van der Waals surface area contributed by atoms with Gasteiger partial charge in [0.1, 0.15) is 0 Å². The van der Waals surface area contributed by atoms with Gasteiger partial charge in [-0.25, -0.2) is 4.98 Å². The summed E-state index contributed by atoms with van der Waals surface area (Å²) in [5.41, 5.74) is 3.36. The highest BCUT2D eigenvalue weighted by Crippen LogP contribution is 2.30. The maximum absolute atomic E-state index is 12.4. The molecular formula is C22H22BrN3O2S. The molecule has 2 aromatic carbocycles. The number of amides is 1. The Balaban J connectivity index is 1.43. The number of nitrogens with one attached hydrogen (secondary N) is 1. The molecule has 1 aliphatic heterocycles. The number of halogens is 1. The minimum atomic E-state index is -0.128. The quantitative estimate of drug-likeness (QED) is 0.550. The van der Waals surface area contributed by atoms with Crippen LogP contribution in [0, 0.1) is 0 Å². The molecule has 2 unspecified atom stereocenters. The van der Waals surface area contributed by atoms with E-state index in [0.717, 1.165) is 39.6 Å². The topological polar surface area (TPSA) is 54.5 Å². The number of rotatable bonds is 4. The highest BCUT2D eigenvalue weighted by atomic mass is 79.9. The SMILES string of the molecule is CC1CN(c2nc(-c3ccc(NC(=O)c4ccc(Br)cc4)cc3)cs2)CC(C)O1. The third-order valence-corrected chi connectivity index (χ3v) is 6.16. The fourth-order valence-corrected chi connectivity index (χ4v) is 4.52. The van der Waals surface area contributed by atoms with Gasteiger partial charge in [0, 0.05) is 39.8 Å². The zero-order chi connectivity index (χ0) is 20.4.